The number of nitrogens with zero attached hydrogens (tertiary/aromatic N) is 4. The first-order chi connectivity index (χ1) is 11.2. The van der Waals surface area contributed by atoms with Gasteiger partial charge < -0.3 is 10.0 Å². The number of hydrogen-bond acceptors (Lipinski definition) is 5. The van der Waals surface area contributed by atoms with Gasteiger partial charge in [0.2, 0.25) is 0 Å². The van der Waals surface area contributed by atoms with Gasteiger partial charge in [0.05, 0.1) is 10.8 Å². The first-order valence-electron chi connectivity index (χ1n) is 7.58. The van der Waals surface area contributed by atoms with Crippen LogP contribution >= 0.6 is 11.3 Å². The van der Waals surface area contributed by atoms with Crippen molar-refractivity contribution in [2.24, 2.45) is 5.92 Å². The van der Waals surface area contributed by atoms with Crippen LogP contribution in [-0.2, 0) is 4.79 Å². The lowest BCUT2D eigenvalue weighted by atomic mass is 9.97. The topological polar surface area (TPSA) is 70.7 Å². The molecular formula is C16H16N4O2S. The fourth-order valence-electron chi connectivity index (χ4n) is 3.03. The van der Waals surface area contributed by atoms with Crippen LogP contribution in [-0.4, -0.2) is 38.8 Å². The highest BCUT2D eigenvalue weighted by Gasteiger charge is 2.26. The van der Waals surface area contributed by atoms with Gasteiger partial charge >= 0.3 is 5.97 Å². The number of carboxylic acid groups (broad SMARTS) is 1. The fraction of sp³-hybridized carbons (Fsp3) is 0.312. The predicted molar refractivity (Wildman–Crippen MR) is 88.9 cm³/mol. The van der Waals surface area contributed by atoms with Crippen molar-refractivity contribution in [3.8, 4) is 10.6 Å². The Morgan fingerprint density at radius 3 is 2.87 bits per heavy atom. The van der Waals surface area contributed by atoms with Crippen LogP contribution in [0.4, 0.5) is 5.82 Å². The Morgan fingerprint density at radius 2 is 2.17 bits per heavy atom. The molecule has 4 rings (SSSR count). The van der Waals surface area contributed by atoms with Gasteiger partial charge in [0.15, 0.2) is 5.82 Å². The quantitative estimate of drug-likeness (QED) is 0.800. The van der Waals surface area contributed by atoms with E-state index in [0.717, 1.165) is 21.9 Å². The Bertz CT molecular complexity index is 835. The van der Waals surface area contributed by atoms with Crippen LogP contribution in [0.3, 0.4) is 0 Å². The van der Waals surface area contributed by atoms with E-state index in [1.54, 1.807) is 17.5 Å². The normalized spacial score (nSPS) is 16.1. The Hall–Kier alpha value is -2.41. The lowest BCUT2D eigenvalue weighted by molar-refractivity contribution is -0.142. The summed E-state index contributed by atoms with van der Waals surface area (Å²) in [7, 11) is 0. The molecule has 1 aliphatic rings. The molecule has 0 aliphatic carbocycles. The van der Waals surface area contributed by atoms with Crippen LogP contribution in [0.5, 0.6) is 0 Å². The first kappa shape index (κ1) is 14.2. The molecule has 0 unspecified atom stereocenters. The van der Waals surface area contributed by atoms with Crippen molar-refractivity contribution in [2.75, 3.05) is 18.0 Å². The maximum Gasteiger partial charge on any atom is 0.306 e. The zero-order valence-corrected chi connectivity index (χ0v) is 13.2. The lowest BCUT2D eigenvalue weighted by Crippen LogP contribution is -2.37. The summed E-state index contributed by atoms with van der Waals surface area (Å²) in [6, 6.07) is 6.12. The summed E-state index contributed by atoms with van der Waals surface area (Å²) in [6.45, 7) is 1.42. The minimum atomic E-state index is -0.694. The highest BCUT2D eigenvalue weighted by atomic mass is 32.1. The summed E-state index contributed by atoms with van der Waals surface area (Å²) < 4.78 is 1.85. The summed E-state index contributed by atoms with van der Waals surface area (Å²) in [6.07, 6.45) is 4.91. The standard InChI is InChI=1S/C16H16N4O2S/c21-16(22)11-3-6-19(7-4-11)15-13-10-12(14-2-1-9-23-14)18-20(13)8-5-17-15/h1-2,5,8-11H,3-4,6-7H2,(H,21,22). The molecule has 0 atom stereocenters. The molecule has 0 aromatic carbocycles. The van der Waals surface area contributed by atoms with E-state index in [9.17, 15) is 4.79 Å². The molecule has 0 radical (unpaired) electrons. The molecule has 1 aliphatic heterocycles. The molecule has 1 fully saturated rings. The molecule has 1 N–H and O–H groups in total. The fourth-order valence-corrected chi connectivity index (χ4v) is 3.72. The zero-order chi connectivity index (χ0) is 15.8. The van der Waals surface area contributed by atoms with Gasteiger partial charge in [0, 0.05) is 25.5 Å². The van der Waals surface area contributed by atoms with E-state index in [1.165, 1.54) is 0 Å². The average molecular weight is 328 g/mol. The highest BCUT2D eigenvalue weighted by molar-refractivity contribution is 7.13. The van der Waals surface area contributed by atoms with E-state index >= 15 is 0 Å². The maximum atomic E-state index is 11.1. The Kier molecular flexibility index (Phi) is 3.49. The van der Waals surface area contributed by atoms with Crippen molar-refractivity contribution in [3.05, 3.63) is 36.0 Å². The van der Waals surface area contributed by atoms with Gasteiger partial charge in [0.1, 0.15) is 11.2 Å². The second-order valence-corrected chi connectivity index (χ2v) is 6.63. The SMILES string of the molecule is O=C(O)C1CCN(c2nccn3nc(-c4cccs4)cc23)CC1. The first-order valence-corrected chi connectivity index (χ1v) is 8.46. The number of carbonyl (C=O) groups is 1. The van der Waals surface area contributed by atoms with E-state index in [-0.39, 0.29) is 5.92 Å². The van der Waals surface area contributed by atoms with E-state index in [0.29, 0.717) is 25.9 Å². The molecule has 6 nitrogen and oxygen atoms in total. The molecule has 3 aromatic heterocycles. The van der Waals surface area contributed by atoms with Gasteiger partial charge in [-0.05, 0) is 30.4 Å². The van der Waals surface area contributed by atoms with Crippen molar-refractivity contribution in [1.29, 1.82) is 0 Å². The van der Waals surface area contributed by atoms with Crippen molar-refractivity contribution in [1.82, 2.24) is 14.6 Å². The molecule has 3 aromatic rings. The summed E-state index contributed by atoms with van der Waals surface area (Å²) in [5.41, 5.74) is 1.90. The van der Waals surface area contributed by atoms with E-state index in [2.05, 4.69) is 27.1 Å². The molecular weight excluding hydrogens is 312 g/mol. The van der Waals surface area contributed by atoms with Crippen molar-refractivity contribution in [3.63, 3.8) is 0 Å². The molecule has 0 bridgehead atoms. The molecule has 23 heavy (non-hydrogen) atoms. The third kappa shape index (κ3) is 2.57. The van der Waals surface area contributed by atoms with Crippen LogP contribution in [0.15, 0.2) is 36.0 Å². The minimum Gasteiger partial charge on any atom is -0.481 e. The average Bonchev–Trinajstić information content (AvgIpc) is 3.23. The van der Waals surface area contributed by atoms with Crippen LogP contribution in [0.1, 0.15) is 12.8 Å². The minimum absolute atomic E-state index is 0.238. The van der Waals surface area contributed by atoms with Crippen molar-refractivity contribution >= 4 is 28.6 Å². The second-order valence-electron chi connectivity index (χ2n) is 5.69. The summed E-state index contributed by atoms with van der Waals surface area (Å²) in [5, 5.41) is 15.8. The van der Waals surface area contributed by atoms with Crippen LogP contribution in [0, 0.1) is 5.92 Å². The Labute approximate surface area is 137 Å². The molecule has 1 saturated heterocycles. The van der Waals surface area contributed by atoms with Gasteiger partial charge in [-0.3, -0.25) is 4.79 Å². The Morgan fingerprint density at radius 1 is 1.35 bits per heavy atom. The molecule has 118 valence electrons. The third-order valence-corrected chi connectivity index (χ3v) is 5.18. The van der Waals surface area contributed by atoms with Crippen molar-refractivity contribution < 1.29 is 9.90 Å². The Balaban J connectivity index is 1.67. The number of thiophene rings is 1. The molecule has 0 amide bonds. The highest BCUT2D eigenvalue weighted by Crippen LogP contribution is 2.29. The van der Waals surface area contributed by atoms with Gasteiger partial charge in [-0.1, -0.05) is 6.07 Å². The molecule has 0 spiro atoms. The number of rotatable bonds is 3. The summed E-state index contributed by atoms with van der Waals surface area (Å²) in [5.74, 6) is -0.0515. The number of anilines is 1. The molecule has 4 heterocycles. The van der Waals surface area contributed by atoms with Crippen LogP contribution < -0.4 is 4.90 Å². The molecule has 0 saturated carbocycles. The largest absolute Gasteiger partial charge is 0.481 e. The summed E-state index contributed by atoms with van der Waals surface area (Å²) >= 11 is 1.66. The third-order valence-electron chi connectivity index (χ3n) is 4.29. The number of piperidine rings is 1. The number of aliphatic carboxylic acids is 1. The van der Waals surface area contributed by atoms with Gasteiger partial charge in [-0.15, -0.1) is 11.3 Å². The van der Waals surface area contributed by atoms with E-state index in [1.807, 2.05) is 22.2 Å². The summed E-state index contributed by atoms with van der Waals surface area (Å²) in [4.78, 5) is 18.9. The number of aromatic nitrogens is 3. The second kappa shape index (κ2) is 5.66. The number of hydrogen-bond donors (Lipinski definition) is 1. The van der Waals surface area contributed by atoms with Crippen LogP contribution in [0.2, 0.25) is 0 Å². The van der Waals surface area contributed by atoms with Gasteiger partial charge in [-0.25, -0.2) is 9.50 Å². The maximum absolute atomic E-state index is 11.1. The van der Waals surface area contributed by atoms with Crippen molar-refractivity contribution in [2.45, 2.75) is 12.8 Å². The van der Waals surface area contributed by atoms with Crippen LogP contribution in [0.25, 0.3) is 16.1 Å². The number of carboxylic acids is 1. The van der Waals surface area contributed by atoms with E-state index < -0.39 is 5.97 Å². The lowest BCUT2D eigenvalue weighted by Gasteiger charge is -2.31. The molecule has 7 heteroatoms. The zero-order valence-electron chi connectivity index (χ0n) is 12.4. The number of fused-ring (bicyclic) bond motifs is 1. The smallest absolute Gasteiger partial charge is 0.306 e. The monoisotopic (exact) mass is 328 g/mol. The van der Waals surface area contributed by atoms with E-state index in [4.69, 9.17) is 5.11 Å². The van der Waals surface area contributed by atoms with Gasteiger partial charge in [-0.2, -0.15) is 5.10 Å². The van der Waals surface area contributed by atoms with Gasteiger partial charge in [0.25, 0.3) is 0 Å². The predicted octanol–water partition coefficient (Wildman–Crippen LogP) is 2.76.